The van der Waals surface area contributed by atoms with Crippen LogP contribution in [-0.2, 0) is 17.7 Å². The van der Waals surface area contributed by atoms with Crippen LogP contribution in [0.5, 0.6) is 0 Å². The first-order valence-electron chi connectivity index (χ1n) is 6.69. The number of nitrogens with two attached hydrogens (primary N) is 1. The summed E-state index contributed by atoms with van der Waals surface area (Å²) in [6.45, 7) is 1.42. The minimum Gasteiger partial charge on any atom is -0.398 e. The fraction of sp³-hybridized carbons (Fsp3) is 0.571. The zero-order valence-corrected chi connectivity index (χ0v) is 11.2. The van der Waals surface area contributed by atoms with Gasteiger partial charge in [-0.2, -0.15) is 13.2 Å². The van der Waals surface area contributed by atoms with Gasteiger partial charge in [-0.1, -0.05) is 12.1 Å². The second-order valence-corrected chi connectivity index (χ2v) is 5.03. The Hall–Kier alpha value is -1.27. The Morgan fingerprint density at radius 2 is 2.10 bits per heavy atom. The van der Waals surface area contributed by atoms with Crippen molar-refractivity contribution in [2.45, 2.75) is 25.6 Å². The number of ether oxygens (including phenoxy) is 1. The van der Waals surface area contributed by atoms with Crippen molar-refractivity contribution in [3.05, 3.63) is 29.3 Å². The summed E-state index contributed by atoms with van der Waals surface area (Å²) in [6, 6.07) is 5.89. The predicted octanol–water partition coefficient (Wildman–Crippen LogP) is 2.60. The van der Waals surface area contributed by atoms with Gasteiger partial charge in [-0.05, 0) is 30.0 Å². The van der Waals surface area contributed by atoms with Gasteiger partial charge in [0.25, 0.3) is 0 Å². The molecule has 3 nitrogen and oxygen atoms in total. The van der Waals surface area contributed by atoms with Crippen LogP contribution in [0.2, 0.25) is 0 Å². The van der Waals surface area contributed by atoms with E-state index in [2.05, 4.69) is 15.7 Å². The largest absolute Gasteiger partial charge is 0.411 e. The first-order chi connectivity index (χ1) is 9.46. The maximum Gasteiger partial charge on any atom is 0.411 e. The van der Waals surface area contributed by atoms with E-state index in [0.29, 0.717) is 6.42 Å². The summed E-state index contributed by atoms with van der Waals surface area (Å²) in [5.41, 5.74) is 9.17. The number of benzene rings is 1. The summed E-state index contributed by atoms with van der Waals surface area (Å²) in [5, 5.41) is 0. The molecule has 0 fully saturated rings. The van der Waals surface area contributed by atoms with Gasteiger partial charge in [0, 0.05) is 31.9 Å². The Morgan fingerprint density at radius 3 is 2.85 bits per heavy atom. The molecule has 1 aromatic carbocycles. The van der Waals surface area contributed by atoms with Crippen LogP contribution in [0.4, 0.5) is 18.9 Å². The summed E-state index contributed by atoms with van der Waals surface area (Å²) in [5.74, 6) is 0. The Labute approximate surface area is 116 Å². The van der Waals surface area contributed by atoms with Gasteiger partial charge in [0.1, 0.15) is 6.61 Å². The average Bonchev–Trinajstić information content (AvgIpc) is 2.37. The minimum atomic E-state index is -4.23. The van der Waals surface area contributed by atoms with Crippen molar-refractivity contribution in [1.82, 2.24) is 4.90 Å². The van der Waals surface area contributed by atoms with E-state index in [0.717, 1.165) is 31.7 Å². The Kier molecular flexibility index (Phi) is 4.88. The van der Waals surface area contributed by atoms with Crippen molar-refractivity contribution in [3.63, 3.8) is 0 Å². The van der Waals surface area contributed by atoms with E-state index in [-0.39, 0.29) is 6.61 Å². The average molecular weight is 288 g/mol. The predicted molar refractivity (Wildman–Crippen MR) is 71.3 cm³/mol. The van der Waals surface area contributed by atoms with Crippen LogP contribution < -0.4 is 5.73 Å². The molecule has 1 aromatic rings. The molecule has 1 aliphatic heterocycles. The molecule has 2 rings (SSSR count). The quantitative estimate of drug-likeness (QED) is 0.668. The molecule has 0 unspecified atom stereocenters. The van der Waals surface area contributed by atoms with Crippen LogP contribution in [0, 0.1) is 0 Å². The van der Waals surface area contributed by atoms with Crippen molar-refractivity contribution in [2.24, 2.45) is 0 Å². The molecular formula is C14H19F3N2O. The second-order valence-electron chi connectivity index (χ2n) is 5.03. The smallest absolute Gasteiger partial charge is 0.398 e. The number of nitrogens with zero attached hydrogens (tertiary/aromatic N) is 1. The van der Waals surface area contributed by atoms with E-state index in [9.17, 15) is 13.2 Å². The lowest BCUT2D eigenvalue weighted by Gasteiger charge is -2.29. The molecule has 112 valence electrons. The van der Waals surface area contributed by atoms with Gasteiger partial charge in [0.05, 0.1) is 0 Å². The molecule has 0 aliphatic carbocycles. The fourth-order valence-electron chi connectivity index (χ4n) is 2.47. The normalized spacial score (nSPS) is 16.1. The molecule has 0 saturated carbocycles. The Bertz CT molecular complexity index is 449. The Balaban J connectivity index is 1.72. The van der Waals surface area contributed by atoms with Crippen LogP contribution in [0.1, 0.15) is 17.5 Å². The summed E-state index contributed by atoms with van der Waals surface area (Å²) < 4.78 is 40.3. The SMILES string of the molecule is Nc1cccc2c1CCN(CCCOCC(F)(F)F)C2. The number of nitrogen functional groups attached to an aromatic ring is 1. The van der Waals surface area contributed by atoms with Crippen molar-refractivity contribution < 1.29 is 17.9 Å². The highest BCUT2D eigenvalue weighted by Crippen LogP contribution is 2.24. The molecule has 6 heteroatoms. The van der Waals surface area contributed by atoms with Gasteiger partial charge in [0.2, 0.25) is 0 Å². The number of alkyl halides is 3. The molecule has 1 aliphatic rings. The van der Waals surface area contributed by atoms with Gasteiger partial charge < -0.3 is 10.5 Å². The monoisotopic (exact) mass is 288 g/mol. The molecular weight excluding hydrogens is 269 g/mol. The minimum absolute atomic E-state index is 0.139. The third kappa shape index (κ3) is 4.38. The van der Waals surface area contributed by atoms with E-state index < -0.39 is 12.8 Å². The summed E-state index contributed by atoms with van der Waals surface area (Å²) in [4.78, 5) is 2.22. The molecule has 0 saturated heterocycles. The first-order valence-corrected chi connectivity index (χ1v) is 6.69. The maximum atomic E-state index is 11.9. The number of fused-ring (bicyclic) bond motifs is 1. The van der Waals surface area contributed by atoms with Crippen LogP contribution in [-0.4, -0.2) is 37.4 Å². The van der Waals surface area contributed by atoms with E-state index in [1.165, 1.54) is 11.1 Å². The third-order valence-corrected chi connectivity index (χ3v) is 3.41. The molecule has 0 radical (unpaired) electrons. The molecule has 1 heterocycles. The summed E-state index contributed by atoms with van der Waals surface area (Å²) in [6.07, 6.45) is -2.74. The molecule has 2 N–H and O–H groups in total. The number of halogens is 3. The standard InChI is InChI=1S/C14H19F3N2O/c15-14(16,17)10-20-8-2-6-19-7-5-12-11(9-19)3-1-4-13(12)18/h1,3-4H,2,5-10,18H2. The zero-order valence-electron chi connectivity index (χ0n) is 11.2. The molecule has 0 amide bonds. The molecule has 20 heavy (non-hydrogen) atoms. The lowest BCUT2D eigenvalue weighted by Crippen LogP contribution is -2.32. The summed E-state index contributed by atoms with van der Waals surface area (Å²) in [7, 11) is 0. The lowest BCUT2D eigenvalue weighted by atomic mass is 9.98. The number of anilines is 1. The van der Waals surface area contributed by atoms with Crippen LogP contribution >= 0.6 is 0 Å². The van der Waals surface area contributed by atoms with Gasteiger partial charge >= 0.3 is 6.18 Å². The highest BCUT2D eigenvalue weighted by molar-refractivity contribution is 5.51. The van der Waals surface area contributed by atoms with E-state index in [4.69, 9.17) is 5.73 Å². The molecule has 0 spiro atoms. The van der Waals surface area contributed by atoms with Crippen LogP contribution in [0.25, 0.3) is 0 Å². The second kappa shape index (κ2) is 6.45. The molecule has 0 aromatic heterocycles. The Morgan fingerprint density at radius 1 is 1.30 bits per heavy atom. The fourth-order valence-corrected chi connectivity index (χ4v) is 2.47. The highest BCUT2D eigenvalue weighted by Gasteiger charge is 2.27. The first kappa shape index (κ1) is 15.1. The summed E-state index contributed by atoms with van der Waals surface area (Å²) >= 11 is 0. The van der Waals surface area contributed by atoms with E-state index in [1.807, 2.05) is 12.1 Å². The van der Waals surface area contributed by atoms with Crippen molar-refractivity contribution in [1.29, 1.82) is 0 Å². The van der Waals surface area contributed by atoms with Gasteiger partial charge in [-0.25, -0.2) is 0 Å². The highest BCUT2D eigenvalue weighted by atomic mass is 19.4. The topological polar surface area (TPSA) is 38.5 Å². The molecule has 0 bridgehead atoms. The van der Waals surface area contributed by atoms with E-state index >= 15 is 0 Å². The van der Waals surface area contributed by atoms with Crippen molar-refractivity contribution in [2.75, 3.05) is 32.0 Å². The maximum absolute atomic E-state index is 11.9. The third-order valence-electron chi connectivity index (χ3n) is 3.41. The number of hydrogen-bond acceptors (Lipinski definition) is 3. The van der Waals surface area contributed by atoms with Crippen molar-refractivity contribution >= 4 is 5.69 Å². The van der Waals surface area contributed by atoms with Crippen LogP contribution in [0.15, 0.2) is 18.2 Å². The van der Waals surface area contributed by atoms with Gasteiger partial charge in [0.15, 0.2) is 0 Å². The van der Waals surface area contributed by atoms with Crippen molar-refractivity contribution in [3.8, 4) is 0 Å². The zero-order chi connectivity index (χ0) is 14.6. The van der Waals surface area contributed by atoms with Crippen LogP contribution in [0.3, 0.4) is 0 Å². The van der Waals surface area contributed by atoms with Gasteiger partial charge in [-0.3, -0.25) is 4.90 Å². The van der Waals surface area contributed by atoms with Gasteiger partial charge in [-0.15, -0.1) is 0 Å². The van der Waals surface area contributed by atoms with E-state index in [1.54, 1.807) is 0 Å². The number of rotatable bonds is 5. The number of hydrogen-bond donors (Lipinski definition) is 1. The molecule has 0 atom stereocenters. The lowest BCUT2D eigenvalue weighted by molar-refractivity contribution is -0.174.